The summed E-state index contributed by atoms with van der Waals surface area (Å²) in [4.78, 5) is 2.45. The Morgan fingerprint density at radius 3 is 2.33 bits per heavy atom. The summed E-state index contributed by atoms with van der Waals surface area (Å²) in [6, 6.07) is 0. The van der Waals surface area contributed by atoms with Crippen LogP contribution in [-0.2, 0) is 14.2 Å². The summed E-state index contributed by atoms with van der Waals surface area (Å²) in [5.74, 6) is 0. The highest BCUT2D eigenvalue weighted by atomic mass is 16.5. The number of hydrogen-bond acceptors (Lipinski definition) is 5. The molecule has 5 nitrogen and oxygen atoms in total. The van der Waals surface area contributed by atoms with Crippen molar-refractivity contribution in [1.29, 1.82) is 0 Å². The molecule has 2 saturated heterocycles. The predicted octanol–water partition coefficient (Wildman–Crippen LogP) is 0.228. The third-order valence-electron chi connectivity index (χ3n) is 4.51. The van der Waals surface area contributed by atoms with Crippen molar-refractivity contribution in [2.45, 2.75) is 43.6 Å². The van der Waals surface area contributed by atoms with Gasteiger partial charge in [-0.15, -0.1) is 0 Å². The minimum Gasteiger partial charge on any atom is -0.378 e. The highest BCUT2D eigenvalue weighted by Crippen LogP contribution is 2.34. The summed E-state index contributed by atoms with van der Waals surface area (Å²) in [6.45, 7) is 5.40. The van der Waals surface area contributed by atoms with Crippen LogP contribution in [0.25, 0.3) is 0 Å². The van der Waals surface area contributed by atoms with E-state index >= 15 is 0 Å². The van der Waals surface area contributed by atoms with Gasteiger partial charge in [0, 0.05) is 46.0 Å². The van der Waals surface area contributed by atoms with Crippen LogP contribution in [-0.4, -0.2) is 69.2 Å². The molecule has 0 aromatic rings. The Hall–Kier alpha value is -0.200. The number of ether oxygens (including phenoxy) is 3. The number of hydrogen-bond donors (Lipinski definition) is 1. The second kappa shape index (κ2) is 5.84. The molecule has 106 valence electrons. The van der Waals surface area contributed by atoms with Gasteiger partial charge in [0.1, 0.15) is 0 Å². The fraction of sp³-hybridized carbons (Fsp3) is 1.00. The maximum absolute atomic E-state index is 6.08. The first-order chi connectivity index (χ1) is 8.65. The molecule has 0 radical (unpaired) electrons. The Kier molecular flexibility index (Phi) is 4.61. The molecule has 4 atom stereocenters. The van der Waals surface area contributed by atoms with Crippen molar-refractivity contribution in [1.82, 2.24) is 4.90 Å². The van der Waals surface area contributed by atoms with E-state index < -0.39 is 0 Å². The Balaban J connectivity index is 2.09. The lowest BCUT2D eigenvalue weighted by Gasteiger charge is -2.46. The van der Waals surface area contributed by atoms with Crippen LogP contribution < -0.4 is 5.73 Å². The van der Waals surface area contributed by atoms with Crippen LogP contribution in [0.2, 0.25) is 0 Å². The van der Waals surface area contributed by atoms with Crippen LogP contribution in [0.3, 0.4) is 0 Å². The van der Waals surface area contributed by atoms with Gasteiger partial charge in [0.05, 0.1) is 18.3 Å². The fourth-order valence-electron chi connectivity index (χ4n) is 3.33. The molecular weight excluding hydrogens is 232 g/mol. The third kappa shape index (κ3) is 2.56. The second-order valence-corrected chi connectivity index (χ2v) is 5.52. The quantitative estimate of drug-likeness (QED) is 0.782. The van der Waals surface area contributed by atoms with Crippen molar-refractivity contribution in [2.75, 3.05) is 40.5 Å². The van der Waals surface area contributed by atoms with Crippen molar-refractivity contribution < 1.29 is 14.2 Å². The molecular formula is C13H26N2O3. The van der Waals surface area contributed by atoms with Crippen molar-refractivity contribution in [3.63, 3.8) is 0 Å². The Labute approximate surface area is 110 Å². The van der Waals surface area contributed by atoms with Gasteiger partial charge in [0.25, 0.3) is 0 Å². The van der Waals surface area contributed by atoms with Crippen LogP contribution in [0.4, 0.5) is 0 Å². The van der Waals surface area contributed by atoms with Gasteiger partial charge in [-0.1, -0.05) is 0 Å². The monoisotopic (exact) mass is 258 g/mol. The van der Waals surface area contributed by atoms with Crippen LogP contribution in [0, 0.1) is 0 Å². The molecule has 2 aliphatic heterocycles. The molecule has 0 aliphatic carbocycles. The number of nitrogens with zero attached hydrogens (tertiary/aromatic N) is 1. The topological polar surface area (TPSA) is 57.0 Å². The lowest BCUT2D eigenvalue weighted by atomic mass is 9.85. The highest BCUT2D eigenvalue weighted by molar-refractivity contribution is 5.01. The van der Waals surface area contributed by atoms with Gasteiger partial charge in [0.2, 0.25) is 0 Å². The number of likely N-dealkylation sites (tertiary alicyclic amines) is 1. The van der Waals surface area contributed by atoms with E-state index in [1.54, 1.807) is 14.2 Å². The maximum atomic E-state index is 6.08. The zero-order valence-corrected chi connectivity index (χ0v) is 11.7. The summed E-state index contributed by atoms with van der Waals surface area (Å²) in [5, 5.41) is 0. The zero-order chi connectivity index (χ0) is 13.2. The van der Waals surface area contributed by atoms with E-state index in [9.17, 15) is 0 Å². The fourth-order valence-corrected chi connectivity index (χ4v) is 3.33. The predicted molar refractivity (Wildman–Crippen MR) is 69.6 cm³/mol. The molecule has 5 heteroatoms. The molecule has 2 fully saturated rings. The molecule has 2 heterocycles. The van der Waals surface area contributed by atoms with Gasteiger partial charge in [0.15, 0.2) is 0 Å². The second-order valence-electron chi connectivity index (χ2n) is 5.52. The average Bonchev–Trinajstić information content (AvgIpc) is 2.82. The summed E-state index contributed by atoms with van der Waals surface area (Å²) in [7, 11) is 3.50. The minimum atomic E-state index is 0.0573. The number of nitrogens with two attached hydrogens (primary N) is 1. The van der Waals surface area contributed by atoms with E-state index in [1.807, 2.05) is 0 Å². The third-order valence-corrected chi connectivity index (χ3v) is 4.51. The molecule has 18 heavy (non-hydrogen) atoms. The number of methoxy groups -OCH3 is 2. The SMILES string of the molecule is COC1CN(C2(CN)CCOC(C)C2)CC1OC. The summed E-state index contributed by atoms with van der Waals surface area (Å²) in [6.07, 6.45) is 2.58. The van der Waals surface area contributed by atoms with Gasteiger partial charge >= 0.3 is 0 Å². The van der Waals surface area contributed by atoms with E-state index in [2.05, 4.69) is 11.8 Å². The van der Waals surface area contributed by atoms with Crippen molar-refractivity contribution in [3.8, 4) is 0 Å². The molecule has 0 spiro atoms. The van der Waals surface area contributed by atoms with Crippen molar-refractivity contribution >= 4 is 0 Å². The lowest BCUT2D eigenvalue weighted by Crippen LogP contribution is -2.57. The minimum absolute atomic E-state index is 0.0573. The van der Waals surface area contributed by atoms with Crippen molar-refractivity contribution in [2.24, 2.45) is 5.73 Å². The van der Waals surface area contributed by atoms with Gasteiger partial charge in [-0.2, -0.15) is 0 Å². The van der Waals surface area contributed by atoms with E-state index in [0.29, 0.717) is 6.54 Å². The summed E-state index contributed by atoms with van der Waals surface area (Å²) < 4.78 is 16.7. The van der Waals surface area contributed by atoms with E-state index in [1.165, 1.54) is 0 Å². The smallest absolute Gasteiger partial charge is 0.0972 e. The van der Waals surface area contributed by atoms with Gasteiger partial charge < -0.3 is 19.9 Å². The molecule has 0 saturated carbocycles. The van der Waals surface area contributed by atoms with Gasteiger partial charge in [-0.25, -0.2) is 0 Å². The standard InChI is InChI=1S/C13H26N2O3/c1-10-6-13(9-14,4-5-18-10)15-7-11(16-2)12(8-15)17-3/h10-12H,4-9,14H2,1-3H3. The zero-order valence-electron chi connectivity index (χ0n) is 11.7. The Bertz CT molecular complexity index is 265. The Morgan fingerprint density at radius 2 is 1.89 bits per heavy atom. The van der Waals surface area contributed by atoms with E-state index in [0.717, 1.165) is 32.5 Å². The molecule has 0 amide bonds. The molecule has 2 N–H and O–H groups in total. The van der Waals surface area contributed by atoms with E-state index in [4.69, 9.17) is 19.9 Å². The van der Waals surface area contributed by atoms with Crippen LogP contribution in [0.5, 0.6) is 0 Å². The lowest BCUT2D eigenvalue weighted by molar-refractivity contribution is -0.0611. The first kappa shape index (κ1) is 14.2. The van der Waals surface area contributed by atoms with Crippen molar-refractivity contribution in [3.05, 3.63) is 0 Å². The number of rotatable bonds is 4. The summed E-state index contributed by atoms with van der Waals surface area (Å²) >= 11 is 0. The average molecular weight is 258 g/mol. The van der Waals surface area contributed by atoms with Gasteiger partial charge in [-0.05, 0) is 19.8 Å². The van der Waals surface area contributed by atoms with Crippen LogP contribution in [0.1, 0.15) is 19.8 Å². The molecule has 0 aromatic carbocycles. The molecule has 4 unspecified atom stereocenters. The molecule has 2 rings (SSSR count). The van der Waals surface area contributed by atoms with Gasteiger partial charge in [-0.3, -0.25) is 4.90 Å². The highest BCUT2D eigenvalue weighted by Gasteiger charge is 2.46. The largest absolute Gasteiger partial charge is 0.378 e. The summed E-state index contributed by atoms with van der Waals surface area (Å²) in [5.41, 5.74) is 6.13. The molecule has 0 aromatic heterocycles. The first-order valence-corrected chi connectivity index (χ1v) is 6.77. The van der Waals surface area contributed by atoms with Crippen LogP contribution in [0.15, 0.2) is 0 Å². The first-order valence-electron chi connectivity index (χ1n) is 6.77. The van der Waals surface area contributed by atoms with E-state index in [-0.39, 0.29) is 23.9 Å². The molecule has 0 bridgehead atoms. The maximum Gasteiger partial charge on any atom is 0.0972 e. The normalized spacial score (nSPS) is 42.3. The molecule has 2 aliphatic rings. The van der Waals surface area contributed by atoms with Crippen LogP contribution >= 0.6 is 0 Å². The Morgan fingerprint density at radius 1 is 1.28 bits per heavy atom.